The molecular weight excluding hydrogens is 230 g/mol. The van der Waals surface area contributed by atoms with Crippen LogP contribution in [0.5, 0.6) is 0 Å². The maximum absolute atomic E-state index is 12.9. The van der Waals surface area contributed by atoms with Crippen molar-refractivity contribution in [3.05, 3.63) is 46.3 Å². The zero-order valence-electron chi connectivity index (χ0n) is 9.14. The zero-order valence-corrected chi connectivity index (χ0v) is 9.14. The van der Waals surface area contributed by atoms with Gasteiger partial charge in [0.25, 0.3) is 0 Å². The van der Waals surface area contributed by atoms with Crippen LogP contribution >= 0.6 is 0 Å². The van der Waals surface area contributed by atoms with Gasteiger partial charge in [-0.1, -0.05) is 47.4 Å². The van der Waals surface area contributed by atoms with Crippen molar-refractivity contribution in [1.82, 2.24) is 0 Å². The highest BCUT2D eigenvalue weighted by molar-refractivity contribution is 6.60. The van der Waals surface area contributed by atoms with Crippen molar-refractivity contribution in [2.24, 2.45) is 5.11 Å². The van der Waals surface area contributed by atoms with E-state index < -0.39 is 12.8 Å². The predicted molar refractivity (Wildman–Crippen MR) is 61.5 cm³/mol. The fourth-order valence-electron chi connectivity index (χ4n) is 1.70. The third kappa shape index (κ3) is 4.40. The lowest BCUT2D eigenvalue weighted by molar-refractivity contribution is 0.427. The maximum Gasteiger partial charge on any atom is 0.485 e. The van der Waals surface area contributed by atoms with E-state index in [4.69, 9.17) is 5.53 Å². The zero-order chi connectivity index (χ0) is 12.7. The smallest absolute Gasteiger partial charge is 0.448 e. The first kappa shape index (κ1) is 13.4. The highest BCUT2D eigenvalue weighted by atomic mass is 19.4. The Morgan fingerprint density at radius 3 is 2.41 bits per heavy atom. The SMILES string of the molecule is [N-]=[N+]=NCCC[C@H](c1ccccc1)[B-](F)(F)F. The molecular formula is C10H12BF3N3-. The molecule has 0 unspecified atom stereocenters. The molecule has 0 radical (unpaired) electrons. The van der Waals surface area contributed by atoms with E-state index in [0.717, 1.165) is 0 Å². The summed E-state index contributed by atoms with van der Waals surface area (Å²) in [7, 11) is 0. The molecule has 0 N–H and O–H groups in total. The van der Waals surface area contributed by atoms with Gasteiger partial charge in [-0.3, -0.25) is 0 Å². The predicted octanol–water partition coefficient (Wildman–Crippen LogP) is 4.25. The third-order valence-electron chi connectivity index (χ3n) is 2.52. The highest BCUT2D eigenvalue weighted by Crippen LogP contribution is 2.34. The molecule has 0 saturated carbocycles. The molecule has 1 rings (SSSR count). The van der Waals surface area contributed by atoms with E-state index in [1.165, 1.54) is 12.1 Å². The lowest BCUT2D eigenvalue weighted by Crippen LogP contribution is -2.27. The average molecular weight is 242 g/mol. The van der Waals surface area contributed by atoms with E-state index in [0.29, 0.717) is 0 Å². The average Bonchev–Trinajstić information content (AvgIpc) is 2.28. The quantitative estimate of drug-likeness (QED) is 0.235. The van der Waals surface area contributed by atoms with Crippen LogP contribution in [0.4, 0.5) is 12.9 Å². The van der Waals surface area contributed by atoms with Crippen molar-refractivity contribution >= 4 is 6.98 Å². The second kappa shape index (κ2) is 6.20. The molecule has 0 aliphatic rings. The molecule has 1 aromatic rings. The molecule has 3 nitrogen and oxygen atoms in total. The van der Waals surface area contributed by atoms with Crippen LogP contribution in [0.25, 0.3) is 10.4 Å². The summed E-state index contributed by atoms with van der Waals surface area (Å²) < 4.78 is 38.6. The molecule has 1 atom stereocenters. The molecule has 0 spiro atoms. The molecule has 7 heteroatoms. The van der Waals surface area contributed by atoms with Gasteiger partial charge in [-0.2, -0.15) is 0 Å². The van der Waals surface area contributed by atoms with Gasteiger partial charge in [0.1, 0.15) is 0 Å². The summed E-state index contributed by atoms with van der Waals surface area (Å²) in [5.74, 6) is -1.43. The summed E-state index contributed by atoms with van der Waals surface area (Å²) in [6, 6.07) is 7.83. The van der Waals surface area contributed by atoms with Gasteiger partial charge in [0, 0.05) is 11.5 Å². The molecule has 0 aliphatic heterocycles. The van der Waals surface area contributed by atoms with Gasteiger partial charge in [0.05, 0.1) is 0 Å². The van der Waals surface area contributed by atoms with E-state index in [-0.39, 0.29) is 24.9 Å². The van der Waals surface area contributed by atoms with Crippen molar-refractivity contribution in [2.75, 3.05) is 6.54 Å². The lowest BCUT2D eigenvalue weighted by Gasteiger charge is -2.27. The Kier molecular flexibility index (Phi) is 4.91. The Balaban J connectivity index is 2.72. The number of halogens is 3. The van der Waals surface area contributed by atoms with Crippen molar-refractivity contribution in [3.63, 3.8) is 0 Å². The van der Waals surface area contributed by atoms with Gasteiger partial charge >= 0.3 is 6.98 Å². The maximum atomic E-state index is 12.9. The fourth-order valence-corrected chi connectivity index (χ4v) is 1.70. The van der Waals surface area contributed by atoms with Crippen LogP contribution in [-0.4, -0.2) is 13.5 Å². The highest BCUT2D eigenvalue weighted by Gasteiger charge is 2.35. The van der Waals surface area contributed by atoms with Crippen LogP contribution in [0.2, 0.25) is 0 Å². The van der Waals surface area contributed by atoms with Crippen molar-refractivity contribution < 1.29 is 12.9 Å². The van der Waals surface area contributed by atoms with E-state index in [9.17, 15) is 12.9 Å². The van der Waals surface area contributed by atoms with Crippen LogP contribution in [0.1, 0.15) is 24.2 Å². The van der Waals surface area contributed by atoms with Gasteiger partial charge in [-0.15, -0.1) is 0 Å². The summed E-state index contributed by atoms with van der Waals surface area (Å²) in [6.45, 7) is -4.82. The third-order valence-corrected chi connectivity index (χ3v) is 2.52. The monoisotopic (exact) mass is 242 g/mol. The van der Waals surface area contributed by atoms with Crippen molar-refractivity contribution in [1.29, 1.82) is 0 Å². The van der Waals surface area contributed by atoms with E-state index >= 15 is 0 Å². The first-order valence-corrected chi connectivity index (χ1v) is 5.31. The van der Waals surface area contributed by atoms with Gasteiger partial charge in [0.2, 0.25) is 0 Å². The first-order valence-electron chi connectivity index (χ1n) is 5.31. The Bertz CT molecular complexity index is 388. The molecule has 0 bridgehead atoms. The Morgan fingerprint density at radius 1 is 1.24 bits per heavy atom. The largest absolute Gasteiger partial charge is 0.485 e. The lowest BCUT2D eigenvalue weighted by atomic mass is 9.66. The summed E-state index contributed by atoms with van der Waals surface area (Å²) in [5, 5.41) is 3.24. The molecule has 92 valence electrons. The Hall–Kier alpha value is -1.62. The van der Waals surface area contributed by atoms with Crippen LogP contribution < -0.4 is 0 Å². The van der Waals surface area contributed by atoms with Crippen LogP contribution in [0.15, 0.2) is 35.4 Å². The van der Waals surface area contributed by atoms with Gasteiger partial charge in [-0.05, 0) is 17.8 Å². The van der Waals surface area contributed by atoms with Gasteiger partial charge in [-0.25, -0.2) is 0 Å². The minimum atomic E-state index is -4.92. The molecule has 0 heterocycles. The molecule has 0 aliphatic carbocycles. The van der Waals surface area contributed by atoms with Gasteiger partial charge in [0.15, 0.2) is 0 Å². The molecule has 0 fully saturated rings. The molecule has 1 aromatic carbocycles. The standard InChI is InChI=1S/C10H12BF3N3/c12-11(13,14)10(7-4-8-16-17-15)9-5-2-1-3-6-9/h1-3,5-6,10H,4,7-8H2/q-1/t10-/m1/s1. The van der Waals surface area contributed by atoms with Crippen LogP contribution in [0.3, 0.4) is 0 Å². The normalized spacial score (nSPS) is 12.9. The number of azide groups is 1. The molecule has 0 saturated heterocycles. The Morgan fingerprint density at radius 2 is 1.88 bits per heavy atom. The topological polar surface area (TPSA) is 48.8 Å². The number of nitrogens with zero attached hydrogens (tertiary/aromatic N) is 3. The summed E-state index contributed by atoms with van der Waals surface area (Å²) >= 11 is 0. The second-order valence-electron chi connectivity index (χ2n) is 3.74. The summed E-state index contributed by atoms with van der Waals surface area (Å²) in [4.78, 5) is 2.52. The number of benzene rings is 1. The molecule has 0 amide bonds. The van der Waals surface area contributed by atoms with Crippen molar-refractivity contribution in [3.8, 4) is 0 Å². The molecule has 0 aromatic heterocycles. The van der Waals surface area contributed by atoms with E-state index in [1.54, 1.807) is 18.2 Å². The van der Waals surface area contributed by atoms with E-state index in [1.807, 2.05) is 0 Å². The van der Waals surface area contributed by atoms with Crippen molar-refractivity contribution in [2.45, 2.75) is 18.7 Å². The fraction of sp³-hybridized carbons (Fsp3) is 0.400. The minimum absolute atomic E-state index is 0.0352. The van der Waals surface area contributed by atoms with E-state index in [2.05, 4.69) is 10.0 Å². The van der Waals surface area contributed by atoms with Crippen LogP contribution in [-0.2, 0) is 0 Å². The number of rotatable bonds is 6. The minimum Gasteiger partial charge on any atom is -0.448 e. The summed E-state index contributed by atoms with van der Waals surface area (Å²) in [5.41, 5.74) is 8.33. The van der Waals surface area contributed by atoms with Crippen LogP contribution in [0, 0.1) is 0 Å². The summed E-state index contributed by atoms with van der Waals surface area (Å²) in [6.07, 6.45) is 0.206. The van der Waals surface area contributed by atoms with Gasteiger partial charge < -0.3 is 12.9 Å². The second-order valence-corrected chi connectivity index (χ2v) is 3.74. The first-order chi connectivity index (χ1) is 8.05. The Labute approximate surface area is 97.3 Å². The number of hydrogen-bond donors (Lipinski definition) is 0. The molecule has 17 heavy (non-hydrogen) atoms. The number of hydrogen-bond acceptors (Lipinski definition) is 1.